The van der Waals surface area contributed by atoms with Crippen molar-refractivity contribution in [1.82, 2.24) is 4.90 Å². The largest absolute Gasteiger partial charge is 0.507 e. The second kappa shape index (κ2) is 9.32. The summed E-state index contributed by atoms with van der Waals surface area (Å²) in [5, 5.41) is 18.9. The number of nitrogens with zero attached hydrogens (tertiary/aromatic N) is 3. The molecule has 1 saturated heterocycles. The Kier molecular flexibility index (Phi) is 6.53. The number of carbonyl (C=O) groups excluding carboxylic acids is 1. The zero-order valence-corrected chi connectivity index (χ0v) is 19.3. The first kappa shape index (κ1) is 21.7. The molecular formula is C24H25N3O2S2. The van der Waals surface area contributed by atoms with Crippen LogP contribution < -0.4 is 0 Å². The third kappa shape index (κ3) is 4.88. The second-order valence-electron chi connectivity index (χ2n) is 8.06. The standard InChI is InChI=1S/C24H25N3O2S2/c1-15-8-9-18(12-16(15)2)25-26-19-10-11-21(28)17(13-19)14-22-23(29)27(24(30)31-22)20-6-4-3-5-7-20/h8-14,20,28H,3-7H2,1-2H3/b22-14-,26-25?. The van der Waals surface area contributed by atoms with E-state index in [1.165, 1.54) is 23.7 Å². The Bertz CT molecular complexity index is 1090. The number of rotatable bonds is 4. The number of phenolic OH excluding ortho intramolecular Hbond substituents is 1. The summed E-state index contributed by atoms with van der Waals surface area (Å²) in [6.07, 6.45) is 7.19. The number of hydrogen-bond donors (Lipinski definition) is 1. The molecule has 1 N–H and O–H groups in total. The lowest BCUT2D eigenvalue weighted by atomic mass is 9.94. The maximum absolute atomic E-state index is 13.0. The van der Waals surface area contributed by atoms with Gasteiger partial charge < -0.3 is 5.11 Å². The molecule has 0 atom stereocenters. The highest BCUT2D eigenvalue weighted by molar-refractivity contribution is 8.26. The van der Waals surface area contributed by atoms with Crippen molar-refractivity contribution in [3.63, 3.8) is 0 Å². The molecule has 0 aromatic heterocycles. The fourth-order valence-electron chi connectivity index (χ4n) is 3.90. The average molecular weight is 452 g/mol. The van der Waals surface area contributed by atoms with Gasteiger partial charge in [0, 0.05) is 11.6 Å². The molecule has 1 aliphatic carbocycles. The minimum Gasteiger partial charge on any atom is -0.507 e. The van der Waals surface area contributed by atoms with Crippen molar-refractivity contribution in [2.75, 3.05) is 0 Å². The maximum Gasteiger partial charge on any atom is 0.266 e. The van der Waals surface area contributed by atoms with Crippen molar-refractivity contribution < 1.29 is 9.90 Å². The van der Waals surface area contributed by atoms with Gasteiger partial charge in [-0.3, -0.25) is 9.69 Å². The van der Waals surface area contributed by atoms with Crippen molar-refractivity contribution in [2.45, 2.75) is 52.0 Å². The normalized spacial score (nSPS) is 19.2. The Morgan fingerprint density at radius 1 is 1.03 bits per heavy atom. The molecule has 2 aromatic carbocycles. The highest BCUT2D eigenvalue weighted by Crippen LogP contribution is 2.38. The van der Waals surface area contributed by atoms with Gasteiger partial charge in [-0.25, -0.2) is 0 Å². The van der Waals surface area contributed by atoms with Crippen molar-refractivity contribution in [3.05, 3.63) is 58.0 Å². The second-order valence-corrected chi connectivity index (χ2v) is 9.73. The Balaban J connectivity index is 1.56. The zero-order valence-electron chi connectivity index (χ0n) is 17.7. The highest BCUT2D eigenvalue weighted by atomic mass is 32.2. The lowest BCUT2D eigenvalue weighted by molar-refractivity contribution is -0.124. The highest BCUT2D eigenvalue weighted by Gasteiger charge is 2.37. The van der Waals surface area contributed by atoms with Gasteiger partial charge in [0.15, 0.2) is 0 Å². The minimum atomic E-state index is -0.0662. The Hall–Kier alpha value is -2.51. The molecule has 0 radical (unpaired) electrons. The van der Waals surface area contributed by atoms with Crippen molar-refractivity contribution in [3.8, 4) is 5.75 Å². The third-order valence-electron chi connectivity index (χ3n) is 5.83. The predicted molar refractivity (Wildman–Crippen MR) is 130 cm³/mol. The third-order valence-corrected chi connectivity index (χ3v) is 7.16. The number of aryl methyl sites for hydroxylation is 2. The number of thioether (sulfide) groups is 1. The topological polar surface area (TPSA) is 65.3 Å². The monoisotopic (exact) mass is 451 g/mol. The molecule has 0 spiro atoms. The van der Waals surface area contributed by atoms with Crippen molar-refractivity contribution in [2.24, 2.45) is 10.2 Å². The van der Waals surface area contributed by atoms with Gasteiger partial charge in [-0.2, -0.15) is 10.2 Å². The van der Waals surface area contributed by atoms with E-state index < -0.39 is 0 Å². The summed E-state index contributed by atoms with van der Waals surface area (Å²) >= 11 is 6.80. The first-order chi connectivity index (χ1) is 14.9. The van der Waals surface area contributed by atoms with Crippen LogP contribution >= 0.6 is 24.0 Å². The molecule has 1 heterocycles. The molecule has 0 bridgehead atoms. The quantitative estimate of drug-likeness (QED) is 0.310. The van der Waals surface area contributed by atoms with E-state index >= 15 is 0 Å². The molecule has 1 aliphatic heterocycles. The molecule has 4 rings (SSSR count). The molecule has 31 heavy (non-hydrogen) atoms. The van der Waals surface area contributed by atoms with Crippen LogP contribution in [-0.4, -0.2) is 26.3 Å². The SMILES string of the molecule is Cc1ccc(N=Nc2ccc(O)c(/C=C3\SC(=S)N(C4CCCCC4)C3=O)c2)cc1C. The smallest absolute Gasteiger partial charge is 0.266 e. The summed E-state index contributed by atoms with van der Waals surface area (Å²) in [4.78, 5) is 15.3. The number of hydrogen-bond acceptors (Lipinski definition) is 6. The molecule has 160 valence electrons. The fourth-order valence-corrected chi connectivity index (χ4v) is 5.29. The van der Waals surface area contributed by atoms with Crippen LogP contribution in [0.5, 0.6) is 5.75 Å². The van der Waals surface area contributed by atoms with E-state index in [0.29, 0.717) is 20.5 Å². The van der Waals surface area contributed by atoms with Crippen LogP contribution in [0.4, 0.5) is 11.4 Å². The van der Waals surface area contributed by atoms with E-state index in [2.05, 4.69) is 17.2 Å². The Labute approximate surface area is 192 Å². The molecule has 2 aliphatic rings. The summed E-state index contributed by atoms with van der Waals surface area (Å²) < 4.78 is 0.605. The first-order valence-electron chi connectivity index (χ1n) is 10.5. The van der Waals surface area contributed by atoms with Gasteiger partial charge in [0.1, 0.15) is 10.1 Å². The minimum absolute atomic E-state index is 0.0662. The molecular weight excluding hydrogens is 426 g/mol. The van der Waals surface area contributed by atoms with Crippen molar-refractivity contribution >= 4 is 51.7 Å². The molecule has 2 aromatic rings. The van der Waals surface area contributed by atoms with Crippen LogP contribution in [0.15, 0.2) is 51.5 Å². The van der Waals surface area contributed by atoms with E-state index in [9.17, 15) is 9.90 Å². The van der Waals surface area contributed by atoms with E-state index in [4.69, 9.17) is 12.2 Å². The van der Waals surface area contributed by atoms with Crippen LogP contribution in [0.2, 0.25) is 0 Å². The summed E-state index contributed by atoms with van der Waals surface area (Å²) in [6.45, 7) is 4.09. The van der Waals surface area contributed by atoms with Crippen LogP contribution in [0.3, 0.4) is 0 Å². The number of thiocarbonyl (C=S) groups is 1. The number of carbonyl (C=O) groups is 1. The number of benzene rings is 2. The van der Waals surface area contributed by atoms with Crippen LogP contribution in [0, 0.1) is 13.8 Å². The molecule has 0 unspecified atom stereocenters. The van der Waals surface area contributed by atoms with Crippen LogP contribution in [0.25, 0.3) is 6.08 Å². The maximum atomic E-state index is 13.0. The summed E-state index contributed by atoms with van der Waals surface area (Å²) in [6, 6.07) is 11.1. The fraction of sp³-hybridized carbons (Fsp3) is 0.333. The number of phenols is 1. The van der Waals surface area contributed by atoms with Gasteiger partial charge in [-0.05, 0) is 74.2 Å². The van der Waals surface area contributed by atoms with Gasteiger partial charge in [0.05, 0.1) is 16.3 Å². The molecule has 1 amide bonds. The molecule has 5 nitrogen and oxygen atoms in total. The molecule has 7 heteroatoms. The van der Waals surface area contributed by atoms with E-state index in [1.54, 1.807) is 29.2 Å². The average Bonchev–Trinajstić information content (AvgIpc) is 3.04. The van der Waals surface area contributed by atoms with Gasteiger partial charge in [0.2, 0.25) is 0 Å². The molecule has 1 saturated carbocycles. The Morgan fingerprint density at radius 3 is 2.42 bits per heavy atom. The summed E-state index contributed by atoms with van der Waals surface area (Å²) in [5.74, 6) is 0.0246. The number of amides is 1. The summed E-state index contributed by atoms with van der Waals surface area (Å²) in [7, 11) is 0. The number of azo groups is 1. The zero-order chi connectivity index (χ0) is 22.0. The van der Waals surface area contributed by atoms with Crippen molar-refractivity contribution in [1.29, 1.82) is 0 Å². The first-order valence-corrected chi connectivity index (χ1v) is 11.7. The van der Waals surface area contributed by atoms with E-state index in [-0.39, 0.29) is 17.7 Å². The van der Waals surface area contributed by atoms with Crippen LogP contribution in [0.1, 0.15) is 48.8 Å². The van der Waals surface area contributed by atoms with E-state index in [1.807, 2.05) is 25.1 Å². The predicted octanol–water partition coefficient (Wildman–Crippen LogP) is 6.96. The van der Waals surface area contributed by atoms with Gasteiger partial charge in [0.25, 0.3) is 5.91 Å². The van der Waals surface area contributed by atoms with Gasteiger partial charge in [-0.15, -0.1) is 0 Å². The van der Waals surface area contributed by atoms with E-state index in [0.717, 1.165) is 36.9 Å². The number of aromatic hydroxyl groups is 1. The molecule has 2 fully saturated rings. The lowest BCUT2D eigenvalue weighted by Crippen LogP contribution is -2.39. The lowest BCUT2D eigenvalue weighted by Gasteiger charge is -2.29. The van der Waals surface area contributed by atoms with Gasteiger partial charge >= 0.3 is 0 Å². The summed E-state index contributed by atoms with van der Waals surface area (Å²) in [5.41, 5.74) is 4.26. The van der Waals surface area contributed by atoms with Crippen LogP contribution in [-0.2, 0) is 4.79 Å². The Morgan fingerprint density at radius 2 is 1.71 bits per heavy atom. The van der Waals surface area contributed by atoms with Gasteiger partial charge in [-0.1, -0.05) is 49.3 Å².